The van der Waals surface area contributed by atoms with Gasteiger partial charge in [0.2, 0.25) is 0 Å². The molecule has 0 bridgehead atoms. The Hall–Kier alpha value is -2.70. The van der Waals surface area contributed by atoms with Gasteiger partial charge in [-0.1, -0.05) is 24.3 Å². The van der Waals surface area contributed by atoms with E-state index >= 15 is 0 Å². The van der Waals surface area contributed by atoms with E-state index in [9.17, 15) is 13.2 Å². The van der Waals surface area contributed by atoms with E-state index in [2.05, 4.69) is 15.2 Å². The molecule has 0 radical (unpaired) electrons. The number of para-hydroxylation sites is 1. The fraction of sp³-hybridized carbons (Fsp3) is 0.348. The Morgan fingerprint density at radius 1 is 1.11 bits per heavy atom. The first-order chi connectivity index (χ1) is 16.3. The molecule has 1 aromatic carbocycles. The number of hydrogen-bond donors (Lipinski definition) is 2. The van der Waals surface area contributed by atoms with E-state index in [1.54, 1.807) is 12.1 Å². The fourth-order valence-electron chi connectivity index (χ4n) is 4.42. The molecule has 1 aliphatic heterocycles. The first-order valence-corrected chi connectivity index (χ1v) is 10.9. The number of nitrogens with zero attached hydrogens (tertiary/aromatic N) is 5. The number of aliphatic hydroxyl groups excluding tert-OH is 1. The number of aromatic nitrogens is 4. The Balaban J connectivity index is 0.00000180. The molecule has 0 aliphatic carbocycles. The highest BCUT2D eigenvalue weighted by atomic mass is 35.5. The highest BCUT2D eigenvalue weighted by molar-refractivity contribution is 5.86. The van der Waals surface area contributed by atoms with Crippen molar-refractivity contribution in [2.24, 2.45) is 5.73 Å². The maximum absolute atomic E-state index is 14.1. The highest BCUT2D eigenvalue weighted by Gasteiger charge is 2.46. The van der Waals surface area contributed by atoms with Gasteiger partial charge in [0.05, 0.1) is 6.61 Å². The molecule has 5 rings (SSSR count). The average molecular weight is 545 g/mol. The van der Waals surface area contributed by atoms with Crippen LogP contribution in [0.2, 0.25) is 0 Å². The third-order valence-corrected chi connectivity index (χ3v) is 5.93. The van der Waals surface area contributed by atoms with E-state index in [4.69, 9.17) is 15.6 Å². The van der Waals surface area contributed by atoms with Crippen molar-refractivity contribution in [3.05, 3.63) is 54.2 Å². The van der Waals surface area contributed by atoms with Gasteiger partial charge in [0.1, 0.15) is 29.6 Å². The minimum Gasteiger partial charge on any atom is -0.489 e. The van der Waals surface area contributed by atoms with Crippen molar-refractivity contribution in [3.8, 4) is 17.3 Å². The molecule has 194 valence electrons. The predicted octanol–water partition coefficient (Wildman–Crippen LogP) is 3.80. The minimum absolute atomic E-state index is 0. The molecule has 1 unspecified atom stereocenters. The first kappa shape index (κ1) is 27.9. The van der Waals surface area contributed by atoms with E-state index in [-0.39, 0.29) is 62.7 Å². The van der Waals surface area contributed by atoms with Crippen molar-refractivity contribution in [1.29, 1.82) is 0 Å². The molecule has 0 saturated carbocycles. The zero-order valence-electron chi connectivity index (χ0n) is 18.9. The first-order valence-electron chi connectivity index (χ1n) is 10.9. The molecule has 0 spiro atoms. The number of alkyl halides is 3. The Bertz CT molecular complexity index is 1340. The number of fused-ring (bicyclic) bond motifs is 2. The molecule has 3 N–H and O–H groups in total. The number of likely N-dealkylation sites (tertiary alicyclic amines) is 1. The van der Waals surface area contributed by atoms with E-state index < -0.39 is 12.2 Å². The van der Waals surface area contributed by atoms with Gasteiger partial charge in [-0.2, -0.15) is 13.2 Å². The number of halogens is 5. The van der Waals surface area contributed by atoms with E-state index in [0.29, 0.717) is 34.9 Å². The van der Waals surface area contributed by atoms with Gasteiger partial charge in [-0.3, -0.25) is 9.30 Å². The van der Waals surface area contributed by atoms with Crippen LogP contribution < -0.4 is 10.5 Å². The number of nitrogens with two attached hydrogens (primary N) is 1. The van der Waals surface area contributed by atoms with Crippen LogP contribution in [0.15, 0.2) is 48.7 Å². The summed E-state index contributed by atoms with van der Waals surface area (Å²) in [5.74, 6) is 0.806. The van der Waals surface area contributed by atoms with Crippen molar-refractivity contribution in [3.63, 3.8) is 0 Å². The summed E-state index contributed by atoms with van der Waals surface area (Å²) >= 11 is 0. The van der Waals surface area contributed by atoms with E-state index in [0.717, 1.165) is 5.39 Å². The van der Waals surface area contributed by atoms with Crippen molar-refractivity contribution < 1.29 is 23.0 Å². The quantitative estimate of drug-likeness (QED) is 0.380. The molecule has 0 amide bonds. The molecule has 3 aromatic heterocycles. The second-order valence-corrected chi connectivity index (χ2v) is 8.30. The van der Waals surface area contributed by atoms with E-state index in [1.165, 1.54) is 27.6 Å². The Kier molecular flexibility index (Phi) is 8.63. The van der Waals surface area contributed by atoms with Gasteiger partial charge in [0.25, 0.3) is 0 Å². The van der Waals surface area contributed by atoms with Gasteiger partial charge in [-0.15, -0.1) is 35.0 Å². The Labute approximate surface area is 217 Å². The summed E-state index contributed by atoms with van der Waals surface area (Å²) in [7, 11) is 0. The number of hydrogen-bond acceptors (Lipinski definition) is 7. The van der Waals surface area contributed by atoms with Crippen molar-refractivity contribution in [2.45, 2.75) is 24.7 Å². The SMILES string of the molecule is Cl.Cl.NC1CCN([C@H](c2ccc3nnc(-c4ccc5cccc(OCCO)c5n4)n3c2)C(F)(F)F)C1. The zero-order valence-corrected chi connectivity index (χ0v) is 20.6. The summed E-state index contributed by atoms with van der Waals surface area (Å²) in [6, 6.07) is 9.90. The molecule has 1 fully saturated rings. The second kappa shape index (κ2) is 11.1. The van der Waals surface area contributed by atoms with Crippen LogP contribution in [0.5, 0.6) is 5.75 Å². The normalized spacial score (nSPS) is 17.1. The Morgan fingerprint density at radius 3 is 2.61 bits per heavy atom. The lowest BCUT2D eigenvalue weighted by molar-refractivity contribution is -0.183. The molecule has 2 atom stereocenters. The molecule has 4 aromatic rings. The number of pyridine rings is 2. The van der Waals surface area contributed by atoms with Crippen LogP contribution in [0.4, 0.5) is 13.2 Å². The van der Waals surface area contributed by atoms with Crippen LogP contribution in [-0.4, -0.2) is 68.1 Å². The van der Waals surface area contributed by atoms with Gasteiger partial charge in [-0.05, 0) is 30.2 Å². The third-order valence-electron chi connectivity index (χ3n) is 5.93. The van der Waals surface area contributed by atoms with Gasteiger partial charge < -0.3 is 15.6 Å². The van der Waals surface area contributed by atoms with Crippen molar-refractivity contribution in [1.82, 2.24) is 24.5 Å². The molecule has 8 nitrogen and oxygen atoms in total. The molecule has 36 heavy (non-hydrogen) atoms. The molecular formula is C23H25Cl2F3N6O2. The molecular weight excluding hydrogens is 520 g/mol. The average Bonchev–Trinajstić information content (AvgIpc) is 3.42. The number of ether oxygens (including phenoxy) is 1. The minimum atomic E-state index is -4.47. The van der Waals surface area contributed by atoms with E-state index in [1.807, 2.05) is 18.2 Å². The zero-order chi connectivity index (χ0) is 23.9. The molecule has 1 aliphatic rings. The smallest absolute Gasteiger partial charge is 0.408 e. The van der Waals surface area contributed by atoms with Crippen LogP contribution in [0, 0.1) is 0 Å². The molecule has 13 heteroatoms. The monoisotopic (exact) mass is 544 g/mol. The predicted molar refractivity (Wildman–Crippen MR) is 134 cm³/mol. The fourth-order valence-corrected chi connectivity index (χ4v) is 4.42. The topological polar surface area (TPSA) is 102 Å². The van der Waals surface area contributed by atoms with Gasteiger partial charge in [0.15, 0.2) is 11.5 Å². The van der Waals surface area contributed by atoms with Crippen molar-refractivity contribution >= 4 is 41.4 Å². The lowest BCUT2D eigenvalue weighted by Gasteiger charge is -2.30. The highest BCUT2D eigenvalue weighted by Crippen LogP contribution is 2.39. The van der Waals surface area contributed by atoms with Gasteiger partial charge in [0, 0.05) is 30.7 Å². The largest absolute Gasteiger partial charge is 0.489 e. The molecule has 1 saturated heterocycles. The van der Waals surface area contributed by atoms with Gasteiger partial charge >= 0.3 is 6.18 Å². The summed E-state index contributed by atoms with van der Waals surface area (Å²) < 4.78 is 49.4. The third kappa shape index (κ3) is 5.35. The van der Waals surface area contributed by atoms with Crippen LogP contribution in [-0.2, 0) is 0 Å². The van der Waals surface area contributed by atoms with Crippen LogP contribution >= 0.6 is 24.8 Å². The maximum atomic E-state index is 14.1. The number of aliphatic hydroxyl groups is 1. The summed E-state index contributed by atoms with van der Waals surface area (Å²) in [5, 5.41) is 18.2. The summed E-state index contributed by atoms with van der Waals surface area (Å²) in [6.07, 6.45) is -2.52. The lowest BCUT2D eigenvalue weighted by Crippen LogP contribution is -2.38. The summed E-state index contributed by atoms with van der Waals surface area (Å²) in [6.45, 7) is 0.429. The summed E-state index contributed by atoms with van der Waals surface area (Å²) in [4.78, 5) is 6.02. The van der Waals surface area contributed by atoms with Gasteiger partial charge in [-0.25, -0.2) is 4.98 Å². The van der Waals surface area contributed by atoms with Crippen LogP contribution in [0.25, 0.3) is 28.1 Å². The molecule has 4 heterocycles. The summed E-state index contributed by atoms with van der Waals surface area (Å²) in [5.41, 5.74) is 7.36. The second-order valence-electron chi connectivity index (χ2n) is 8.30. The number of rotatable bonds is 6. The van der Waals surface area contributed by atoms with Crippen LogP contribution in [0.1, 0.15) is 18.0 Å². The standard InChI is InChI=1S/C23H23F3N6O2.2ClH/c24-23(25,26)21(31-9-8-16(27)13-31)15-5-7-19-29-30-22(32(19)12-15)17-6-4-14-2-1-3-18(20(14)28-17)34-11-10-33;;/h1-7,12,16,21,33H,8-11,13,27H2;2*1H/t16?,21-;;/m1../s1. The van der Waals surface area contributed by atoms with Crippen LogP contribution in [0.3, 0.4) is 0 Å². The lowest BCUT2D eigenvalue weighted by atomic mass is 10.1. The Morgan fingerprint density at radius 2 is 1.92 bits per heavy atom. The number of benzene rings is 1. The maximum Gasteiger partial charge on any atom is 0.408 e. The van der Waals surface area contributed by atoms with Crippen molar-refractivity contribution in [2.75, 3.05) is 26.3 Å².